The van der Waals surface area contributed by atoms with Crippen molar-refractivity contribution in [2.45, 2.75) is 6.92 Å². The van der Waals surface area contributed by atoms with Gasteiger partial charge in [-0.2, -0.15) is 0 Å². The van der Waals surface area contributed by atoms with Crippen LogP contribution in [0.15, 0.2) is 35.5 Å². The molecule has 2 aliphatic rings. The molecule has 0 N–H and O–H groups in total. The molecule has 0 aromatic carbocycles. The van der Waals surface area contributed by atoms with Crippen LogP contribution in [0.3, 0.4) is 0 Å². The van der Waals surface area contributed by atoms with Crippen molar-refractivity contribution >= 4 is 0 Å². The minimum absolute atomic E-state index is 0.690. The summed E-state index contributed by atoms with van der Waals surface area (Å²) in [7, 11) is 0. The molecule has 0 spiro atoms. The monoisotopic (exact) mass is 104 g/mol. The maximum atomic E-state index is 2.29. The fourth-order valence-corrected chi connectivity index (χ4v) is 1.21. The number of hydrogen-bond donors (Lipinski definition) is 0. The zero-order chi connectivity index (χ0) is 5.56. The second-order valence-corrected chi connectivity index (χ2v) is 2.44. The third kappa shape index (κ3) is 0.353. The van der Waals surface area contributed by atoms with E-state index in [2.05, 4.69) is 31.2 Å². The Bertz CT molecular complexity index is 204. The maximum absolute atomic E-state index is 2.29. The molecule has 40 valence electrons. The van der Waals surface area contributed by atoms with Crippen molar-refractivity contribution < 1.29 is 0 Å². The van der Waals surface area contributed by atoms with Crippen LogP contribution in [-0.2, 0) is 0 Å². The van der Waals surface area contributed by atoms with Crippen molar-refractivity contribution in [1.82, 2.24) is 0 Å². The molecule has 1 unspecified atom stereocenters. The second-order valence-electron chi connectivity index (χ2n) is 2.44. The zero-order valence-corrected chi connectivity index (χ0v) is 4.89. The van der Waals surface area contributed by atoms with E-state index in [1.807, 2.05) is 0 Å². The summed E-state index contributed by atoms with van der Waals surface area (Å²) in [6.45, 7) is 2.15. The lowest BCUT2D eigenvalue weighted by molar-refractivity contribution is 0.961. The summed E-state index contributed by atoms with van der Waals surface area (Å²) in [6.07, 6.45) is 8.93. The first-order valence-corrected chi connectivity index (χ1v) is 2.94. The van der Waals surface area contributed by atoms with Crippen molar-refractivity contribution in [2.75, 3.05) is 0 Å². The average molecular weight is 104 g/mol. The van der Waals surface area contributed by atoms with Crippen LogP contribution in [-0.4, -0.2) is 0 Å². The Hall–Kier alpha value is -0.780. The Morgan fingerprint density at radius 2 is 2.38 bits per heavy atom. The largest absolute Gasteiger partial charge is 0.0729 e. The Morgan fingerprint density at radius 1 is 1.50 bits per heavy atom. The van der Waals surface area contributed by atoms with Crippen LogP contribution in [0, 0.1) is 5.92 Å². The molecule has 0 radical (unpaired) electrons. The molecule has 0 bridgehead atoms. The predicted octanol–water partition coefficient (Wildman–Crippen LogP) is 2.06. The lowest BCUT2D eigenvalue weighted by Gasteiger charge is -2.12. The van der Waals surface area contributed by atoms with E-state index >= 15 is 0 Å². The van der Waals surface area contributed by atoms with E-state index in [-0.39, 0.29) is 0 Å². The van der Waals surface area contributed by atoms with Crippen LogP contribution in [0.4, 0.5) is 0 Å². The SMILES string of the molecule is CC1=CC2C=CC2=C1. The quantitative estimate of drug-likeness (QED) is 0.441. The Kier molecular flexibility index (Phi) is 0.587. The van der Waals surface area contributed by atoms with Gasteiger partial charge in [0, 0.05) is 5.92 Å². The summed E-state index contributed by atoms with van der Waals surface area (Å²) in [5.41, 5.74) is 2.90. The van der Waals surface area contributed by atoms with Crippen LogP contribution >= 0.6 is 0 Å². The maximum Gasteiger partial charge on any atom is 0.0207 e. The van der Waals surface area contributed by atoms with Crippen molar-refractivity contribution in [3.05, 3.63) is 35.5 Å². The van der Waals surface area contributed by atoms with Gasteiger partial charge in [-0.25, -0.2) is 0 Å². The summed E-state index contributed by atoms with van der Waals surface area (Å²) >= 11 is 0. The lowest BCUT2D eigenvalue weighted by atomic mass is 9.92. The van der Waals surface area contributed by atoms with Crippen LogP contribution < -0.4 is 0 Å². The minimum atomic E-state index is 0.690. The lowest BCUT2D eigenvalue weighted by Crippen LogP contribution is -1.99. The molecule has 2 rings (SSSR count). The normalized spacial score (nSPS) is 30.9. The molecule has 0 heteroatoms. The first kappa shape index (κ1) is 4.13. The van der Waals surface area contributed by atoms with Gasteiger partial charge < -0.3 is 0 Å². The molecule has 2 aliphatic carbocycles. The van der Waals surface area contributed by atoms with Gasteiger partial charge in [0.1, 0.15) is 0 Å². The standard InChI is InChI=1S/C8H8/c1-6-4-7-2-3-8(7)5-6/h2-5,7H,1H3. The van der Waals surface area contributed by atoms with E-state index < -0.39 is 0 Å². The molecule has 0 saturated heterocycles. The molecule has 1 atom stereocenters. The molecular weight excluding hydrogens is 96.1 g/mol. The number of rotatable bonds is 0. The molecule has 8 heavy (non-hydrogen) atoms. The van der Waals surface area contributed by atoms with Gasteiger partial charge in [0.25, 0.3) is 0 Å². The van der Waals surface area contributed by atoms with Gasteiger partial charge in [0.2, 0.25) is 0 Å². The third-order valence-electron chi connectivity index (χ3n) is 1.72. The first-order chi connectivity index (χ1) is 3.86. The van der Waals surface area contributed by atoms with Crippen molar-refractivity contribution in [3.63, 3.8) is 0 Å². The molecule has 0 fully saturated rings. The third-order valence-corrected chi connectivity index (χ3v) is 1.72. The van der Waals surface area contributed by atoms with Crippen LogP contribution in [0.2, 0.25) is 0 Å². The fourth-order valence-electron chi connectivity index (χ4n) is 1.21. The molecule has 0 saturated carbocycles. The number of fused-ring (bicyclic) bond motifs is 1. The molecular formula is C8H8. The van der Waals surface area contributed by atoms with Gasteiger partial charge in [-0.15, -0.1) is 0 Å². The summed E-state index contributed by atoms with van der Waals surface area (Å²) in [5.74, 6) is 0.690. The van der Waals surface area contributed by atoms with Crippen molar-refractivity contribution in [3.8, 4) is 0 Å². The summed E-state index contributed by atoms with van der Waals surface area (Å²) in [6, 6.07) is 0. The fraction of sp³-hybridized carbons (Fsp3) is 0.250. The van der Waals surface area contributed by atoms with Crippen molar-refractivity contribution in [1.29, 1.82) is 0 Å². The van der Waals surface area contributed by atoms with E-state index in [4.69, 9.17) is 0 Å². The molecule has 0 aliphatic heterocycles. The molecule has 0 nitrogen and oxygen atoms in total. The van der Waals surface area contributed by atoms with Gasteiger partial charge >= 0.3 is 0 Å². The van der Waals surface area contributed by atoms with E-state index in [0.29, 0.717) is 5.92 Å². The highest BCUT2D eigenvalue weighted by atomic mass is 14.2. The topological polar surface area (TPSA) is 0 Å². The van der Waals surface area contributed by atoms with Crippen LogP contribution in [0.5, 0.6) is 0 Å². The average Bonchev–Trinajstić information content (AvgIpc) is 1.91. The van der Waals surface area contributed by atoms with Gasteiger partial charge in [0.05, 0.1) is 0 Å². The number of hydrogen-bond acceptors (Lipinski definition) is 0. The predicted molar refractivity (Wildman–Crippen MR) is 34.5 cm³/mol. The Labute approximate surface area is 49.2 Å². The van der Waals surface area contributed by atoms with E-state index in [1.165, 1.54) is 11.1 Å². The first-order valence-electron chi connectivity index (χ1n) is 2.94. The summed E-state index contributed by atoms with van der Waals surface area (Å²) < 4.78 is 0. The smallest absolute Gasteiger partial charge is 0.0207 e. The Morgan fingerprint density at radius 3 is 2.62 bits per heavy atom. The highest BCUT2D eigenvalue weighted by Crippen LogP contribution is 2.32. The van der Waals surface area contributed by atoms with Gasteiger partial charge in [-0.05, 0) is 12.5 Å². The molecule has 0 heterocycles. The highest BCUT2D eigenvalue weighted by molar-refractivity contribution is 5.49. The van der Waals surface area contributed by atoms with Gasteiger partial charge in [0.15, 0.2) is 0 Å². The van der Waals surface area contributed by atoms with Gasteiger partial charge in [-0.3, -0.25) is 0 Å². The number of allylic oxidation sites excluding steroid dienone is 6. The Balaban J connectivity index is 2.44. The molecule has 0 aromatic heterocycles. The van der Waals surface area contributed by atoms with E-state index in [1.54, 1.807) is 0 Å². The summed E-state index contributed by atoms with van der Waals surface area (Å²) in [4.78, 5) is 0. The molecule has 0 amide bonds. The summed E-state index contributed by atoms with van der Waals surface area (Å²) in [5, 5.41) is 0. The van der Waals surface area contributed by atoms with E-state index in [9.17, 15) is 0 Å². The van der Waals surface area contributed by atoms with Crippen molar-refractivity contribution in [2.24, 2.45) is 5.92 Å². The molecule has 0 aromatic rings. The highest BCUT2D eigenvalue weighted by Gasteiger charge is 2.17. The van der Waals surface area contributed by atoms with Gasteiger partial charge in [-0.1, -0.05) is 29.9 Å². The zero-order valence-electron chi connectivity index (χ0n) is 4.89. The van der Waals surface area contributed by atoms with E-state index in [0.717, 1.165) is 0 Å². The second kappa shape index (κ2) is 1.13. The minimum Gasteiger partial charge on any atom is -0.0729 e. The van der Waals surface area contributed by atoms with Crippen LogP contribution in [0.1, 0.15) is 6.92 Å². The van der Waals surface area contributed by atoms with Crippen LogP contribution in [0.25, 0.3) is 0 Å².